The van der Waals surface area contributed by atoms with Crippen LogP contribution in [0.3, 0.4) is 0 Å². The Labute approximate surface area is 154 Å². The van der Waals surface area contributed by atoms with Crippen LogP contribution in [0.4, 0.5) is 17.6 Å². The van der Waals surface area contributed by atoms with E-state index in [-0.39, 0.29) is 5.92 Å². The third-order valence-corrected chi connectivity index (χ3v) is 4.86. The molecule has 0 aromatic heterocycles. The molecule has 0 heterocycles. The average Bonchev–Trinajstić information content (AvgIpc) is 3.16. The van der Waals surface area contributed by atoms with Crippen molar-refractivity contribution in [2.75, 3.05) is 7.11 Å². The summed E-state index contributed by atoms with van der Waals surface area (Å²) in [6, 6.07) is 1.95. The lowest BCUT2D eigenvalue weighted by molar-refractivity contribution is -0.147. The van der Waals surface area contributed by atoms with Crippen LogP contribution >= 0.6 is 0 Å². The Morgan fingerprint density at radius 3 is 2.04 bits per heavy atom. The quantitative estimate of drug-likeness (QED) is 0.319. The van der Waals surface area contributed by atoms with Crippen LogP contribution in [0.15, 0.2) is 11.6 Å². The second-order valence-electron chi connectivity index (χ2n) is 7.04. The van der Waals surface area contributed by atoms with Crippen molar-refractivity contribution in [3.05, 3.63) is 46.0 Å². The molecule has 0 N–H and O–H groups in total. The Kier molecular flexibility index (Phi) is 5.95. The molecule has 1 aromatic rings. The van der Waals surface area contributed by atoms with E-state index >= 15 is 0 Å². The smallest absolute Gasteiger partial charge is 0.310 e. The van der Waals surface area contributed by atoms with Crippen molar-refractivity contribution < 1.29 is 31.8 Å². The van der Waals surface area contributed by atoms with E-state index in [1.165, 1.54) is 0 Å². The first-order chi connectivity index (χ1) is 12.6. The second-order valence-corrected chi connectivity index (χ2v) is 7.04. The van der Waals surface area contributed by atoms with Crippen LogP contribution in [0.2, 0.25) is 0 Å². The van der Waals surface area contributed by atoms with Crippen LogP contribution in [-0.2, 0) is 27.5 Å². The van der Waals surface area contributed by atoms with Crippen molar-refractivity contribution in [3.8, 4) is 6.07 Å². The maximum atomic E-state index is 14.1. The van der Waals surface area contributed by atoms with Crippen molar-refractivity contribution in [1.82, 2.24) is 0 Å². The molecule has 1 fully saturated rings. The van der Waals surface area contributed by atoms with E-state index in [1.807, 2.05) is 6.07 Å². The molecule has 4 nitrogen and oxygen atoms in total. The van der Waals surface area contributed by atoms with E-state index in [2.05, 4.69) is 4.74 Å². The summed E-state index contributed by atoms with van der Waals surface area (Å²) in [5.74, 6) is -8.06. The van der Waals surface area contributed by atoms with Crippen LogP contribution in [-0.4, -0.2) is 13.1 Å². The molecule has 0 spiro atoms. The second kappa shape index (κ2) is 7.69. The van der Waals surface area contributed by atoms with Gasteiger partial charge in [-0.3, -0.25) is 4.79 Å². The summed E-state index contributed by atoms with van der Waals surface area (Å²) in [4.78, 5) is 12.2. The van der Waals surface area contributed by atoms with Crippen molar-refractivity contribution in [2.24, 2.45) is 17.3 Å². The molecule has 0 amide bonds. The van der Waals surface area contributed by atoms with Gasteiger partial charge in [0.05, 0.1) is 29.7 Å². The molecular weight excluding hydrogens is 366 g/mol. The van der Waals surface area contributed by atoms with Gasteiger partial charge in [-0.1, -0.05) is 19.9 Å². The SMILES string of the molecule is COCc1c(F)c(F)c(COC(=O)C2C(/C=C(/C)C#N)C2(C)C)c(F)c1F. The highest BCUT2D eigenvalue weighted by Gasteiger charge is 2.61. The van der Waals surface area contributed by atoms with Crippen molar-refractivity contribution in [3.63, 3.8) is 0 Å². The van der Waals surface area contributed by atoms with E-state index in [9.17, 15) is 22.4 Å². The number of hydrogen-bond donors (Lipinski definition) is 0. The minimum absolute atomic E-state index is 0.267. The lowest BCUT2D eigenvalue weighted by Gasteiger charge is -2.12. The zero-order valence-electron chi connectivity index (χ0n) is 15.3. The predicted octanol–water partition coefficient (Wildman–Crippen LogP) is 4.17. The average molecular weight is 385 g/mol. The van der Waals surface area contributed by atoms with E-state index in [1.54, 1.807) is 26.8 Å². The summed E-state index contributed by atoms with van der Waals surface area (Å²) in [5, 5.41) is 8.83. The topological polar surface area (TPSA) is 59.3 Å². The Bertz CT molecular complexity index is 813. The van der Waals surface area contributed by atoms with Gasteiger partial charge in [-0.05, 0) is 18.3 Å². The Morgan fingerprint density at radius 1 is 1.11 bits per heavy atom. The number of nitrogens with zero attached hydrogens (tertiary/aromatic N) is 1. The molecule has 1 aromatic carbocycles. The van der Waals surface area contributed by atoms with Gasteiger partial charge in [0.15, 0.2) is 23.3 Å². The number of halogens is 4. The number of carbonyl (C=O) groups is 1. The number of hydrogen-bond acceptors (Lipinski definition) is 4. The number of nitriles is 1. The van der Waals surface area contributed by atoms with Gasteiger partial charge in [-0.2, -0.15) is 5.26 Å². The molecule has 27 heavy (non-hydrogen) atoms. The summed E-state index contributed by atoms with van der Waals surface area (Å²) in [6.07, 6.45) is 1.63. The fourth-order valence-corrected chi connectivity index (χ4v) is 3.10. The van der Waals surface area contributed by atoms with Crippen LogP contribution in [0.25, 0.3) is 0 Å². The lowest BCUT2D eigenvalue weighted by Crippen LogP contribution is -2.15. The van der Waals surface area contributed by atoms with E-state index < -0.39 is 64.9 Å². The van der Waals surface area contributed by atoms with Crippen molar-refractivity contribution in [2.45, 2.75) is 34.0 Å². The Morgan fingerprint density at radius 2 is 1.59 bits per heavy atom. The monoisotopic (exact) mass is 385 g/mol. The maximum absolute atomic E-state index is 14.1. The molecule has 0 saturated heterocycles. The van der Waals surface area contributed by atoms with E-state index in [4.69, 9.17) is 10.00 Å². The minimum atomic E-state index is -1.62. The first-order valence-corrected chi connectivity index (χ1v) is 8.15. The molecule has 1 aliphatic rings. The first-order valence-electron chi connectivity index (χ1n) is 8.15. The van der Waals surface area contributed by atoms with Crippen LogP contribution in [0.1, 0.15) is 31.9 Å². The molecule has 1 aliphatic carbocycles. The van der Waals surface area contributed by atoms with Crippen LogP contribution in [0.5, 0.6) is 0 Å². The molecular formula is C19H19F4NO3. The zero-order chi connectivity index (χ0) is 20.5. The summed E-state index contributed by atoms with van der Waals surface area (Å²) in [5.41, 5.74) is -1.94. The fraction of sp³-hybridized carbons (Fsp3) is 0.474. The van der Waals surface area contributed by atoms with E-state index in [0.717, 1.165) is 7.11 Å². The number of rotatable bonds is 6. The van der Waals surface area contributed by atoms with Gasteiger partial charge in [0.1, 0.15) is 6.61 Å². The van der Waals surface area contributed by atoms with Gasteiger partial charge in [-0.25, -0.2) is 17.6 Å². The molecule has 1 saturated carbocycles. The molecule has 8 heteroatoms. The normalized spacial score (nSPS) is 20.9. The number of benzene rings is 1. The third-order valence-electron chi connectivity index (χ3n) is 4.86. The van der Waals surface area contributed by atoms with Crippen LogP contribution in [0, 0.1) is 51.9 Å². The summed E-state index contributed by atoms with van der Waals surface area (Å²) in [6.45, 7) is 3.57. The van der Waals surface area contributed by atoms with Gasteiger partial charge < -0.3 is 9.47 Å². The zero-order valence-corrected chi connectivity index (χ0v) is 15.3. The minimum Gasteiger partial charge on any atom is -0.460 e. The maximum Gasteiger partial charge on any atom is 0.310 e. The molecule has 0 bridgehead atoms. The van der Waals surface area contributed by atoms with Crippen LogP contribution < -0.4 is 0 Å². The number of methoxy groups -OCH3 is 1. The van der Waals surface area contributed by atoms with Gasteiger partial charge in [0, 0.05) is 12.7 Å². The molecule has 146 valence electrons. The van der Waals surface area contributed by atoms with Crippen molar-refractivity contribution >= 4 is 5.97 Å². The molecule has 0 radical (unpaired) electrons. The number of allylic oxidation sites excluding steroid dienone is 2. The Hall–Kier alpha value is -2.40. The number of esters is 1. The predicted molar refractivity (Wildman–Crippen MR) is 86.9 cm³/mol. The highest BCUT2D eigenvalue weighted by Crippen LogP contribution is 2.59. The van der Waals surface area contributed by atoms with E-state index in [0.29, 0.717) is 5.57 Å². The van der Waals surface area contributed by atoms with Crippen molar-refractivity contribution in [1.29, 1.82) is 5.26 Å². The fourth-order valence-electron chi connectivity index (χ4n) is 3.10. The lowest BCUT2D eigenvalue weighted by atomic mass is 10.1. The van der Waals surface area contributed by atoms with Gasteiger partial charge in [0.2, 0.25) is 0 Å². The van der Waals surface area contributed by atoms with Gasteiger partial charge in [-0.15, -0.1) is 0 Å². The summed E-state index contributed by atoms with van der Waals surface area (Å²) < 4.78 is 65.4. The molecule has 2 atom stereocenters. The molecule has 0 aliphatic heterocycles. The number of carbonyl (C=O) groups excluding carboxylic acids is 1. The standard InChI is InChI=1S/C19H19F4NO3/c1-9(6-24)5-12-13(19(12,2)3)18(25)27-8-11-16(22)14(20)10(7-26-4)15(21)17(11)23/h5,12-13H,7-8H2,1-4H3/b9-5-. The van der Waals surface area contributed by atoms with Gasteiger partial charge >= 0.3 is 5.97 Å². The molecule has 2 unspecified atom stereocenters. The summed E-state index contributed by atoms with van der Waals surface area (Å²) >= 11 is 0. The molecule has 2 rings (SSSR count). The number of ether oxygens (including phenoxy) is 2. The van der Waals surface area contributed by atoms with Gasteiger partial charge in [0.25, 0.3) is 0 Å². The Balaban J connectivity index is 2.18. The third kappa shape index (κ3) is 3.83. The highest BCUT2D eigenvalue weighted by molar-refractivity contribution is 5.78. The largest absolute Gasteiger partial charge is 0.460 e. The highest BCUT2D eigenvalue weighted by atomic mass is 19.2. The first kappa shape index (κ1) is 20.9. The summed E-state index contributed by atoms with van der Waals surface area (Å²) in [7, 11) is 1.13.